The lowest BCUT2D eigenvalue weighted by atomic mass is 9.99. The van der Waals surface area contributed by atoms with E-state index in [1.807, 2.05) is 0 Å². The fourth-order valence-corrected chi connectivity index (χ4v) is 2.76. The minimum Gasteiger partial charge on any atom is -0.290 e. The minimum atomic E-state index is 0.574. The average Bonchev–Trinajstić information content (AvgIpc) is 3.34. The van der Waals surface area contributed by atoms with Crippen molar-refractivity contribution >= 4 is 0 Å². The van der Waals surface area contributed by atoms with E-state index in [1.165, 1.54) is 32.1 Å². The molecule has 19 heavy (non-hydrogen) atoms. The molecule has 2 atom stereocenters. The van der Waals surface area contributed by atoms with Crippen LogP contribution in [0.2, 0.25) is 0 Å². The van der Waals surface area contributed by atoms with E-state index in [9.17, 15) is 0 Å². The molecule has 2 aliphatic rings. The Kier molecular flexibility index (Phi) is 3.56. The number of aromatic nitrogens is 4. The van der Waals surface area contributed by atoms with Gasteiger partial charge in [-0.2, -0.15) is 0 Å². The predicted octanol–water partition coefficient (Wildman–Crippen LogP) is 2.41. The van der Waals surface area contributed by atoms with Crippen LogP contribution in [0.25, 0.3) is 0 Å². The van der Waals surface area contributed by atoms with Gasteiger partial charge in [0.2, 0.25) is 0 Å². The molecular formula is C14H25N5. The first kappa shape index (κ1) is 13.0. The molecule has 0 saturated heterocycles. The zero-order valence-corrected chi connectivity index (χ0v) is 12.3. The third-order valence-electron chi connectivity index (χ3n) is 4.78. The van der Waals surface area contributed by atoms with E-state index in [0.29, 0.717) is 12.1 Å². The molecule has 1 heterocycles. The van der Waals surface area contributed by atoms with Gasteiger partial charge in [0.25, 0.3) is 0 Å². The number of hydrogen-bond acceptors (Lipinski definition) is 4. The van der Waals surface area contributed by atoms with Crippen molar-refractivity contribution in [2.75, 3.05) is 0 Å². The summed E-state index contributed by atoms with van der Waals surface area (Å²) < 4.78 is 2.05. The lowest BCUT2D eigenvalue weighted by Gasteiger charge is -2.32. The lowest BCUT2D eigenvalue weighted by Crippen LogP contribution is -2.39. The molecule has 0 bridgehead atoms. The van der Waals surface area contributed by atoms with Crippen LogP contribution in [-0.4, -0.2) is 37.2 Å². The molecule has 106 valence electrons. The van der Waals surface area contributed by atoms with Crippen LogP contribution in [0.1, 0.15) is 64.7 Å². The van der Waals surface area contributed by atoms with Crippen molar-refractivity contribution in [2.45, 2.75) is 77.5 Å². The number of hydrogen-bond donors (Lipinski definition) is 0. The van der Waals surface area contributed by atoms with Gasteiger partial charge < -0.3 is 0 Å². The second kappa shape index (κ2) is 5.19. The molecule has 0 aliphatic heterocycles. The Morgan fingerprint density at radius 1 is 1.26 bits per heavy atom. The van der Waals surface area contributed by atoms with Crippen molar-refractivity contribution in [3.05, 3.63) is 5.82 Å². The molecule has 0 unspecified atom stereocenters. The number of nitrogens with zero attached hydrogens (tertiary/aromatic N) is 5. The van der Waals surface area contributed by atoms with Gasteiger partial charge in [-0.25, -0.2) is 4.68 Å². The molecule has 1 aromatic heterocycles. The SMILES string of the molecule is CC[C@H](C)[C@H](C)N(Cc1nnnn1C1CC1)C1CC1. The van der Waals surface area contributed by atoms with Gasteiger partial charge >= 0.3 is 0 Å². The zero-order valence-electron chi connectivity index (χ0n) is 12.3. The third kappa shape index (κ3) is 2.81. The summed E-state index contributed by atoms with van der Waals surface area (Å²) in [5, 5.41) is 12.3. The van der Waals surface area contributed by atoms with Gasteiger partial charge in [0.15, 0.2) is 5.82 Å². The van der Waals surface area contributed by atoms with E-state index in [0.717, 1.165) is 24.3 Å². The van der Waals surface area contributed by atoms with Crippen LogP contribution in [0.15, 0.2) is 0 Å². The molecule has 0 amide bonds. The summed E-state index contributed by atoms with van der Waals surface area (Å²) in [4.78, 5) is 2.62. The standard InChI is InChI=1S/C14H25N5/c1-4-10(2)11(3)18(12-5-6-12)9-14-15-16-17-19(14)13-7-8-13/h10-13H,4-9H2,1-3H3/t10-,11-/m0/s1. The van der Waals surface area contributed by atoms with Crippen LogP contribution in [0, 0.1) is 5.92 Å². The maximum atomic E-state index is 4.26. The first-order chi connectivity index (χ1) is 9.20. The van der Waals surface area contributed by atoms with E-state index < -0.39 is 0 Å². The summed E-state index contributed by atoms with van der Waals surface area (Å²) in [6.07, 6.45) is 6.39. The van der Waals surface area contributed by atoms with Crippen molar-refractivity contribution in [2.24, 2.45) is 5.92 Å². The van der Waals surface area contributed by atoms with E-state index in [-0.39, 0.29) is 0 Å². The Morgan fingerprint density at radius 2 is 2.00 bits per heavy atom. The summed E-state index contributed by atoms with van der Waals surface area (Å²) in [5.74, 6) is 1.79. The molecular weight excluding hydrogens is 238 g/mol. The van der Waals surface area contributed by atoms with Crippen LogP contribution >= 0.6 is 0 Å². The second-order valence-electron chi connectivity index (χ2n) is 6.30. The molecule has 1 aromatic rings. The molecule has 0 spiro atoms. The van der Waals surface area contributed by atoms with Crippen molar-refractivity contribution in [1.29, 1.82) is 0 Å². The Balaban J connectivity index is 1.72. The zero-order chi connectivity index (χ0) is 13.4. The van der Waals surface area contributed by atoms with E-state index in [4.69, 9.17) is 0 Å². The summed E-state index contributed by atoms with van der Waals surface area (Å²) >= 11 is 0. The molecule has 0 radical (unpaired) electrons. The van der Waals surface area contributed by atoms with Gasteiger partial charge in [0.1, 0.15) is 0 Å². The third-order valence-corrected chi connectivity index (χ3v) is 4.78. The lowest BCUT2D eigenvalue weighted by molar-refractivity contribution is 0.135. The largest absolute Gasteiger partial charge is 0.290 e. The Bertz CT molecular complexity index is 421. The number of tetrazole rings is 1. The van der Waals surface area contributed by atoms with Crippen LogP contribution in [-0.2, 0) is 6.54 Å². The van der Waals surface area contributed by atoms with Gasteiger partial charge in [0.05, 0.1) is 12.6 Å². The summed E-state index contributed by atoms with van der Waals surface area (Å²) in [5.41, 5.74) is 0. The molecule has 3 rings (SSSR count). The van der Waals surface area contributed by atoms with Crippen LogP contribution < -0.4 is 0 Å². The second-order valence-corrected chi connectivity index (χ2v) is 6.30. The highest BCUT2D eigenvalue weighted by Crippen LogP contribution is 2.36. The monoisotopic (exact) mass is 263 g/mol. The van der Waals surface area contributed by atoms with Crippen molar-refractivity contribution in [3.8, 4) is 0 Å². The first-order valence-corrected chi connectivity index (χ1v) is 7.73. The highest BCUT2D eigenvalue weighted by molar-refractivity contribution is 4.95. The maximum absolute atomic E-state index is 4.26. The fourth-order valence-electron chi connectivity index (χ4n) is 2.76. The van der Waals surface area contributed by atoms with Gasteiger partial charge in [-0.15, -0.1) is 5.10 Å². The summed E-state index contributed by atoms with van der Waals surface area (Å²) in [6.45, 7) is 7.90. The Hall–Kier alpha value is -0.970. The van der Waals surface area contributed by atoms with Gasteiger partial charge in [-0.05, 0) is 49.0 Å². The highest BCUT2D eigenvalue weighted by Gasteiger charge is 2.36. The summed E-state index contributed by atoms with van der Waals surface area (Å²) in [6, 6.07) is 1.94. The molecule has 2 fully saturated rings. The van der Waals surface area contributed by atoms with E-state index in [2.05, 4.69) is 45.9 Å². The minimum absolute atomic E-state index is 0.574. The van der Waals surface area contributed by atoms with Gasteiger partial charge in [-0.3, -0.25) is 4.90 Å². The smallest absolute Gasteiger partial charge is 0.165 e. The van der Waals surface area contributed by atoms with Crippen molar-refractivity contribution < 1.29 is 0 Å². The van der Waals surface area contributed by atoms with Crippen LogP contribution in [0.5, 0.6) is 0 Å². The van der Waals surface area contributed by atoms with Gasteiger partial charge in [-0.1, -0.05) is 20.3 Å². The average molecular weight is 263 g/mol. The molecule has 5 heteroatoms. The normalized spacial score (nSPS) is 22.7. The van der Waals surface area contributed by atoms with Crippen LogP contribution in [0.4, 0.5) is 0 Å². The van der Waals surface area contributed by atoms with Gasteiger partial charge in [0, 0.05) is 12.1 Å². The Morgan fingerprint density at radius 3 is 2.58 bits per heavy atom. The maximum Gasteiger partial charge on any atom is 0.165 e. The van der Waals surface area contributed by atoms with E-state index >= 15 is 0 Å². The van der Waals surface area contributed by atoms with Crippen molar-refractivity contribution in [1.82, 2.24) is 25.1 Å². The van der Waals surface area contributed by atoms with Crippen molar-refractivity contribution in [3.63, 3.8) is 0 Å². The fraction of sp³-hybridized carbons (Fsp3) is 0.929. The molecule has 5 nitrogen and oxygen atoms in total. The number of rotatable bonds is 7. The predicted molar refractivity (Wildman–Crippen MR) is 73.6 cm³/mol. The van der Waals surface area contributed by atoms with Crippen LogP contribution in [0.3, 0.4) is 0 Å². The quantitative estimate of drug-likeness (QED) is 0.758. The van der Waals surface area contributed by atoms with E-state index in [1.54, 1.807) is 0 Å². The molecule has 2 aliphatic carbocycles. The Labute approximate surface area is 115 Å². The highest BCUT2D eigenvalue weighted by atomic mass is 15.6. The first-order valence-electron chi connectivity index (χ1n) is 7.73. The molecule has 0 aromatic carbocycles. The summed E-state index contributed by atoms with van der Waals surface area (Å²) in [7, 11) is 0. The molecule has 2 saturated carbocycles. The molecule has 0 N–H and O–H groups in total. The topological polar surface area (TPSA) is 46.8 Å².